The van der Waals surface area contributed by atoms with E-state index in [4.69, 9.17) is 4.42 Å². The van der Waals surface area contributed by atoms with Crippen LogP contribution in [-0.4, -0.2) is 63.5 Å². The number of sulfone groups is 1. The van der Waals surface area contributed by atoms with Crippen LogP contribution in [0.3, 0.4) is 0 Å². The molecule has 142 valence electrons. The van der Waals surface area contributed by atoms with E-state index >= 15 is 0 Å². The maximum Gasteiger partial charge on any atom is 0.191 e. The summed E-state index contributed by atoms with van der Waals surface area (Å²) in [6.07, 6.45) is 4.76. The Labute approximate surface area is 166 Å². The highest BCUT2D eigenvalue weighted by Gasteiger charge is 2.29. The molecule has 0 aliphatic carbocycles. The Balaban J connectivity index is 0.00000225. The average molecular weight is 482 g/mol. The molecule has 0 aromatic carbocycles. The molecule has 0 saturated carbocycles. The third-order valence-corrected chi connectivity index (χ3v) is 6.48. The van der Waals surface area contributed by atoms with Gasteiger partial charge in [0.1, 0.15) is 5.76 Å². The minimum Gasteiger partial charge on any atom is -0.468 e. The summed E-state index contributed by atoms with van der Waals surface area (Å²) in [6, 6.07) is 4.02. The van der Waals surface area contributed by atoms with Crippen molar-refractivity contribution in [1.82, 2.24) is 15.5 Å². The maximum absolute atomic E-state index is 11.6. The van der Waals surface area contributed by atoms with Crippen molar-refractivity contribution >= 4 is 39.8 Å². The van der Waals surface area contributed by atoms with Crippen molar-refractivity contribution < 1.29 is 12.8 Å². The summed E-state index contributed by atoms with van der Waals surface area (Å²) >= 11 is 0. The monoisotopic (exact) mass is 482 g/mol. The Morgan fingerprint density at radius 2 is 2.20 bits per heavy atom. The molecule has 2 unspecified atom stereocenters. The summed E-state index contributed by atoms with van der Waals surface area (Å²) in [5.41, 5.74) is 0. The summed E-state index contributed by atoms with van der Waals surface area (Å²) in [5, 5.41) is 6.55. The predicted molar refractivity (Wildman–Crippen MR) is 109 cm³/mol. The number of nitrogens with one attached hydrogen (secondary N) is 2. The molecule has 1 aromatic heterocycles. The van der Waals surface area contributed by atoms with Crippen molar-refractivity contribution in [2.45, 2.75) is 31.3 Å². The molecule has 7 nitrogen and oxygen atoms in total. The molecule has 25 heavy (non-hydrogen) atoms. The topological polar surface area (TPSA) is 86.9 Å². The Kier molecular flexibility index (Phi) is 7.56. The lowest BCUT2D eigenvalue weighted by Gasteiger charge is -2.27. The molecule has 2 aliphatic rings. The van der Waals surface area contributed by atoms with Crippen molar-refractivity contribution in [2.24, 2.45) is 4.99 Å². The summed E-state index contributed by atoms with van der Waals surface area (Å²) in [5.74, 6) is 2.03. The predicted octanol–water partition coefficient (Wildman–Crippen LogP) is 1.39. The van der Waals surface area contributed by atoms with Gasteiger partial charge in [-0.05, 0) is 44.5 Å². The number of aliphatic imine (C=N–C) groups is 1. The van der Waals surface area contributed by atoms with Crippen LogP contribution in [0.1, 0.15) is 31.1 Å². The molecule has 2 aliphatic heterocycles. The van der Waals surface area contributed by atoms with E-state index in [2.05, 4.69) is 20.5 Å². The Morgan fingerprint density at radius 3 is 2.76 bits per heavy atom. The first-order valence-corrected chi connectivity index (χ1v) is 10.3. The van der Waals surface area contributed by atoms with Crippen LogP contribution in [0.4, 0.5) is 0 Å². The second-order valence-electron chi connectivity index (χ2n) is 6.47. The van der Waals surface area contributed by atoms with Crippen molar-refractivity contribution in [2.75, 3.05) is 38.2 Å². The van der Waals surface area contributed by atoms with Gasteiger partial charge < -0.3 is 15.1 Å². The highest BCUT2D eigenvalue weighted by molar-refractivity contribution is 14.0. The number of hydrogen-bond acceptors (Lipinski definition) is 5. The SMILES string of the molecule is CN=C(NCC(c1ccco1)N1CCCC1)NC1CCS(=O)(=O)C1.I. The van der Waals surface area contributed by atoms with Crippen LogP contribution in [0.2, 0.25) is 0 Å². The molecular formula is C16H27IN4O3S. The highest BCUT2D eigenvalue weighted by atomic mass is 127. The molecule has 9 heteroatoms. The van der Waals surface area contributed by atoms with Crippen molar-refractivity contribution in [1.29, 1.82) is 0 Å². The maximum atomic E-state index is 11.6. The fraction of sp³-hybridized carbons (Fsp3) is 0.688. The van der Waals surface area contributed by atoms with Crippen molar-refractivity contribution in [3.8, 4) is 0 Å². The van der Waals surface area contributed by atoms with E-state index in [9.17, 15) is 8.42 Å². The fourth-order valence-corrected chi connectivity index (χ4v) is 5.11. The van der Waals surface area contributed by atoms with Crippen LogP contribution in [0, 0.1) is 0 Å². The van der Waals surface area contributed by atoms with Gasteiger partial charge in [0, 0.05) is 19.6 Å². The number of likely N-dealkylation sites (tertiary alicyclic amines) is 1. The first-order chi connectivity index (χ1) is 11.6. The van der Waals surface area contributed by atoms with Crippen LogP contribution in [-0.2, 0) is 9.84 Å². The van der Waals surface area contributed by atoms with Gasteiger partial charge in [0.25, 0.3) is 0 Å². The van der Waals surface area contributed by atoms with Crippen molar-refractivity contribution in [3.63, 3.8) is 0 Å². The minimum atomic E-state index is -2.90. The second-order valence-corrected chi connectivity index (χ2v) is 8.70. The lowest BCUT2D eigenvalue weighted by atomic mass is 10.2. The molecule has 2 atom stereocenters. The highest BCUT2D eigenvalue weighted by Crippen LogP contribution is 2.24. The summed E-state index contributed by atoms with van der Waals surface area (Å²) < 4.78 is 28.8. The molecule has 1 aromatic rings. The third kappa shape index (κ3) is 5.58. The van der Waals surface area contributed by atoms with E-state index in [0.29, 0.717) is 18.9 Å². The molecule has 0 spiro atoms. The van der Waals surface area contributed by atoms with Gasteiger partial charge in [-0.25, -0.2) is 8.42 Å². The molecule has 0 radical (unpaired) electrons. The van der Waals surface area contributed by atoms with Gasteiger partial charge >= 0.3 is 0 Å². The number of guanidine groups is 1. The zero-order valence-electron chi connectivity index (χ0n) is 14.5. The standard InChI is InChI=1S/C16H26N4O3S.HI/c1-17-16(19-13-6-10-24(21,22)12-13)18-11-14(15-5-4-9-23-15)20-7-2-3-8-20;/h4-5,9,13-14H,2-3,6-8,10-12H2,1H3,(H2,17,18,19);1H. The molecule has 2 saturated heterocycles. The minimum absolute atomic E-state index is 0. The molecule has 0 bridgehead atoms. The molecule has 2 fully saturated rings. The summed E-state index contributed by atoms with van der Waals surface area (Å²) in [4.78, 5) is 6.65. The molecular weight excluding hydrogens is 455 g/mol. The summed E-state index contributed by atoms with van der Waals surface area (Å²) in [6.45, 7) is 2.81. The lowest BCUT2D eigenvalue weighted by Crippen LogP contribution is -2.46. The van der Waals surface area contributed by atoms with Gasteiger partial charge in [0.2, 0.25) is 0 Å². The van der Waals surface area contributed by atoms with Crippen molar-refractivity contribution in [3.05, 3.63) is 24.2 Å². The number of halogens is 1. The largest absolute Gasteiger partial charge is 0.468 e. The lowest BCUT2D eigenvalue weighted by molar-refractivity contribution is 0.215. The zero-order valence-corrected chi connectivity index (χ0v) is 17.6. The van der Waals surface area contributed by atoms with Gasteiger partial charge in [-0.15, -0.1) is 24.0 Å². The van der Waals surface area contributed by atoms with Gasteiger partial charge in [-0.3, -0.25) is 9.89 Å². The first kappa shape index (κ1) is 20.5. The van der Waals surface area contributed by atoms with Gasteiger partial charge in [-0.1, -0.05) is 0 Å². The normalized spacial score (nSPS) is 24.7. The van der Waals surface area contributed by atoms with E-state index in [0.717, 1.165) is 18.8 Å². The van der Waals surface area contributed by atoms with E-state index in [-0.39, 0.29) is 47.6 Å². The van der Waals surface area contributed by atoms with Gasteiger partial charge in [-0.2, -0.15) is 0 Å². The summed E-state index contributed by atoms with van der Waals surface area (Å²) in [7, 11) is -1.19. The van der Waals surface area contributed by atoms with E-state index in [1.54, 1.807) is 13.3 Å². The van der Waals surface area contributed by atoms with E-state index < -0.39 is 9.84 Å². The molecule has 3 heterocycles. The van der Waals surface area contributed by atoms with Crippen LogP contribution < -0.4 is 10.6 Å². The van der Waals surface area contributed by atoms with E-state index in [1.165, 1.54) is 12.8 Å². The average Bonchev–Trinajstić information content (AvgIpc) is 3.29. The molecule has 3 rings (SSSR count). The quantitative estimate of drug-likeness (QED) is 0.375. The van der Waals surface area contributed by atoms with Crippen LogP contribution >= 0.6 is 24.0 Å². The zero-order chi connectivity index (χ0) is 17.0. The van der Waals surface area contributed by atoms with Crippen LogP contribution in [0.25, 0.3) is 0 Å². The van der Waals surface area contributed by atoms with E-state index in [1.807, 2.05) is 12.1 Å². The molecule has 0 amide bonds. The van der Waals surface area contributed by atoms with Gasteiger partial charge in [0.15, 0.2) is 15.8 Å². The third-order valence-electron chi connectivity index (χ3n) is 4.71. The molecule has 2 N–H and O–H groups in total. The number of furan rings is 1. The number of rotatable bonds is 5. The Bertz CT molecular complexity index is 657. The van der Waals surface area contributed by atoms with Crippen LogP contribution in [0.5, 0.6) is 0 Å². The Morgan fingerprint density at radius 1 is 1.44 bits per heavy atom. The Hall–Kier alpha value is -0.810. The fourth-order valence-electron chi connectivity index (χ4n) is 3.43. The second kappa shape index (κ2) is 9.22. The smallest absolute Gasteiger partial charge is 0.191 e. The van der Waals surface area contributed by atoms with Gasteiger partial charge in [0.05, 0.1) is 23.8 Å². The van der Waals surface area contributed by atoms with Crippen LogP contribution in [0.15, 0.2) is 27.8 Å². The number of hydrogen-bond donors (Lipinski definition) is 2. The first-order valence-electron chi connectivity index (χ1n) is 8.52. The number of nitrogens with zero attached hydrogens (tertiary/aromatic N) is 2.